The molecule has 1 heterocycles. The minimum absolute atomic E-state index is 0.287. The summed E-state index contributed by atoms with van der Waals surface area (Å²) in [6, 6.07) is 7.21. The van der Waals surface area contributed by atoms with Crippen LogP contribution in [0, 0.1) is 0 Å². The average Bonchev–Trinajstić information content (AvgIpc) is 2.45. The maximum absolute atomic E-state index is 9.24. The van der Waals surface area contributed by atoms with Crippen LogP contribution in [0.1, 0.15) is 24.5 Å². The lowest BCUT2D eigenvalue weighted by molar-refractivity contribution is 0.475. The molecular weight excluding hydrogens is 274 g/mol. The molecule has 0 bridgehead atoms. The number of phenols is 1. The van der Waals surface area contributed by atoms with E-state index in [2.05, 4.69) is 22.2 Å². The average molecular weight is 292 g/mol. The predicted molar refractivity (Wildman–Crippen MR) is 81.3 cm³/mol. The Labute approximate surface area is 123 Å². The van der Waals surface area contributed by atoms with Gasteiger partial charge in [-0.25, -0.2) is 9.97 Å². The Morgan fingerprint density at radius 3 is 2.60 bits per heavy atom. The normalized spacial score (nSPS) is 10.5. The number of halogens is 1. The predicted octanol–water partition coefficient (Wildman–Crippen LogP) is 3.44. The Morgan fingerprint density at radius 1 is 1.15 bits per heavy atom. The van der Waals surface area contributed by atoms with Crippen molar-refractivity contribution in [3.05, 3.63) is 46.9 Å². The van der Waals surface area contributed by atoms with Crippen LogP contribution < -0.4 is 5.32 Å². The fourth-order valence-electron chi connectivity index (χ4n) is 2.00. The molecule has 4 nitrogen and oxygen atoms in total. The van der Waals surface area contributed by atoms with E-state index in [-0.39, 0.29) is 5.75 Å². The van der Waals surface area contributed by atoms with Crippen molar-refractivity contribution >= 4 is 17.4 Å². The Kier molecular flexibility index (Phi) is 5.18. The summed E-state index contributed by atoms with van der Waals surface area (Å²) >= 11 is 6.10. The number of rotatable bonds is 6. The first-order valence-corrected chi connectivity index (χ1v) is 7.09. The van der Waals surface area contributed by atoms with Crippen molar-refractivity contribution in [2.75, 3.05) is 11.9 Å². The van der Waals surface area contributed by atoms with E-state index in [9.17, 15) is 5.11 Å². The monoisotopic (exact) mass is 291 g/mol. The molecular formula is C15H18ClN3O. The summed E-state index contributed by atoms with van der Waals surface area (Å²) in [6.07, 6.45) is 4.19. The summed E-state index contributed by atoms with van der Waals surface area (Å²) in [4.78, 5) is 8.28. The number of hydrogen-bond acceptors (Lipinski definition) is 4. The number of aromatic hydroxyl groups is 1. The molecule has 2 rings (SSSR count). The largest absolute Gasteiger partial charge is 0.508 e. The number of hydrogen-bond donors (Lipinski definition) is 2. The fourth-order valence-corrected chi connectivity index (χ4v) is 2.23. The molecule has 106 valence electrons. The van der Waals surface area contributed by atoms with Gasteiger partial charge >= 0.3 is 0 Å². The lowest BCUT2D eigenvalue weighted by Gasteiger charge is -2.11. The van der Waals surface area contributed by atoms with Crippen LogP contribution in [0.5, 0.6) is 5.75 Å². The lowest BCUT2D eigenvalue weighted by Crippen LogP contribution is -2.09. The smallest absolute Gasteiger partial charge is 0.137 e. The van der Waals surface area contributed by atoms with Crippen LogP contribution in [0.2, 0.25) is 5.15 Å². The Morgan fingerprint density at radius 2 is 1.90 bits per heavy atom. The summed E-state index contributed by atoms with van der Waals surface area (Å²) in [5, 5.41) is 13.1. The molecule has 1 aromatic heterocycles. The van der Waals surface area contributed by atoms with Crippen LogP contribution in [-0.2, 0) is 12.8 Å². The number of aromatic nitrogens is 2. The highest BCUT2D eigenvalue weighted by Gasteiger charge is 2.08. The van der Waals surface area contributed by atoms with Crippen LogP contribution >= 0.6 is 11.6 Å². The number of nitrogens with one attached hydrogen (secondary N) is 1. The number of phenolic OH excluding ortho intramolecular Hbond substituents is 1. The summed E-state index contributed by atoms with van der Waals surface area (Å²) < 4.78 is 0. The number of anilines is 1. The molecule has 0 saturated carbocycles. The van der Waals surface area contributed by atoms with Gasteiger partial charge in [0, 0.05) is 12.1 Å². The quantitative estimate of drug-likeness (QED) is 0.801. The molecule has 0 aliphatic carbocycles. The van der Waals surface area contributed by atoms with Gasteiger partial charge in [0.25, 0.3) is 0 Å². The van der Waals surface area contributed by atoms with Gasteiger partial charge in [0.1, 0.15) is 23.0 Å². The van der Waals surface area contributed by atoms with Crippen molar-refractivity contribution in [2.45, 2.75) is 26.2 Å². The molecule has 1 aromatic carbocycles. The third-order valence-corrected chi connectivity index (χ3v) is 3.36. The first-order chi connectivity index (χ1) is 9.70. The fraction of sp³-hybridized carbons (Fsp3) is 0.333. The van der Waals surface area contributed by atoms with Gasteiger partial charge in [0.15, 0.2) is 0 Å². The van der Waals surface area contributed by atoms with Gasteiger partial charge in [-0.2, -0.15) is 0 Å². The van der Waals surface area contributed by atoms with E-state index in [0.717, 1.165) is 42.8 Å². The topological polar surface area (TPSA) is 58.0 Å². The van der Waals surface area contributed by atoms with Crippen LogP contribution in [-0.4, -0.2) is 21.6 Å². The van der Waals surface area contributed by atoms with Crippen LogP contribution in [0.25, 0.3) is 0 Å². The second kappa shape index (κ2) is 7.10. The van der Waals surface area contributed by atoms with Gasteiger partial charge in [-0.05, 0) is 30.5 Å². The van der Waals surface area contributed by atoms with E-state index in [4.69, 9.17) is 11.6 Å². The molecule has 0 fully saturated rings. The Bertz CT molecular complexity index is 558. The molecule has 0 atom stereocenters. The van der Waals surface area contributed by atoms with Crippen molar-refractivity contribution in [2.24, 2.45) is 0 Å². The van der Waals surface area contributed by atoms with Gasteiger partial charge in [-0.1, -0.05) is 37.1 Å². The SMILES string of the molecule is CCCc1c(Cl)ncnc1NCCc1ccc(O)cc1. The molecule has 5 heteroatoms. The highest BCUT2D eigenvalue weighted by atomic mass is 35.5. The second-order valence-electron chi connectivity index (χ2n) is 4.58. The third kappa shape index (κ3) is 3.84. The zero-order chi connectivity index (χ0) is 14.4. The van der Waals surface area contributed by atoms with E-state index in [0.29, 0.717) is 5.15 Å². The van der Waals surface area contributed by atoms with Gasteiger partial charge < -0.3 is 10.4 Å². The summed E-state index contributed by atoms with van der Waals surface area (Å²) in [6.45, 7) is 2.86. The summed E-state index contributed by atoms with van der Waals surface area (Å²) in [7, 11) is 0. The summed E-state index contributed by atoms with van der Waals surface area (Å²) in [5.74, 6) is 1.10. The minimum atomic E-state index is 0.287. The first kappa shape index (κ1) is 14.6. The molecule has 2 N–H and O–H groups in total. The number of benzene rings is 1. The van der Waals surface area contributed by atoms with Crippen molar-refractivity contribution in [1.29, 1.82) is 0 Å². The molecule has 0 unspecified atom stereocenters. The van der Waals surface area contributed by atoms with E-state index in [1.54, 1.807) is 12.1 Å². The molecule has 2 aromatic rings. The Hall–Kier alpha value is -1.81. The lowest BCUT2D eigenvalue weighted by atomic mass is 10.1. The molecule has 20 heavy (non-hydrogen) atoms. The maximum Gasteiger partial charge on any atom is 0.137 e. The van der Waals surface area contributed by atoms with Gasteiger partial charge in [0.05, 0.1) is 0 Å². The van der Waals surface area contributed by atoms with E-state index in [1.165, 1.54) is 6.33 Å². The van der Waals surface area contributed by atoms with Crippen molar-refractivity contribution in [3.63, 3.8) is 0 Å². The number of nitrogens with zero attached hydrogens (tertiary/aromatic N) is 2. The zero-order valence-electron chi connectivity index (χ0n) is 11.4. The highest BCUT2D eigenvalue weighted by Crippen LogP contribution is 2.21. The minimum Gasteiger partial charge on any atom is -0.508 e. The maximum atomic E-state index is 9.24. The molecule has 0 aliphatic heterocycles. The zero-order valence-corrected chi connectivity index (χ0v) is 12.2. The van der Waals surface area contributed by atoms with Crippen molar-refractivity contribution < 1.29 is 5.11 Å². The van der Waals surface area contributed by atoms with Crippen LogP contribution in [0.4, 0.5) is 5.82 Å². The molecule has 0 saturated heterocycles. The third-order valence-electron chi connectivity index (χ3n) is 3.04. The Balaban J connectivity index is 1.97. The van der Waals surface area contributed by atoms with E-state index >= 15 is 0 Å². The van der Waals surface area contributed by atoms with E-state index < -0.39 is 0 Å². The first-order valence-electron chi connectivity index (χ1n) is 6.72. The van der Waals surface area contributed by atoms with Crippen LogP contribution in [0.3, 0.4) is 0 Å². The standard InChI is InChI=1S/C15H18ClN3O/c1-2-3-13-14(16)18-10-19-15(13)17-9-8-11-4-6-12(20)7-5-11/h4-7,10,20H,2-3,8-9H2,1H3,(H,17,18,19). The second-order valence-corrected chi connectivity index (χ2v) is 4.94. The highest BCUT2D eigenvalue weighted by molar-refractivity contribution is 6.30. The molecule has 0 spiro atoms. The van der Waals surface area contributed by atoms with Crippen molar-refractivity contribution in [1.82, 2.24) is 9.97 Å². The molecule has 0 radical (unpaired) electrons. The van der Waals surface area contributed by atoms with Gasteiger partial charge in [0.2, 0.25) is 0 Å². The van der Waals surface area contributed by atoms with Gasteiger partial charge in [-0.15, -0.1) is 0 Å². The summed E-state index contributed by atoms with van der Waals surface area (Å²) in [5.41, 5.74) is 2.13. The van der Waals surface area contributed by atoms with E-state index in [1.807, 2.05) is 12.1 Å². The van der Waals surface area contributed by atoms with Crippen molar-refractivity contribution in [3.8, 4) is 5.75 Å². The van der Waals surface area contributed by atoms with Crippen LogP contribution in [0.15, 0.2) is 30.6 Å². The van der Waals surface area contributed by atoms with Gasteiger partial charge in [-0.3, -0.25) is 0 Å². The molecule has 0 amide bonds. The molecule has 0 aliphatic rings.